The molecule has 3 rings (SSSR count). The predicted molar refractivity (Wildman–Crippen MR) is 108 cm³/mol. The molecule has 1 aliphatic rings. The number of sulfone groups is 1. The first-order valence-electron chi connectivity index (χ1n) is 8.68. The Labute approximate surface area is 165 Å². The fourth-order valence-electron chi connectivity index (χ4n) is 3.27. The van der Waals surface area contributed by atoms with Gasteiger partial charge in [-0.3, -0.25) is 0 Å². The molecule has 5 nitrogen and oxygen atoms in total. The van der Waals surface area contributed by atoms with Crippen LogP contribution in [0.2, 0.25) is 5.02 Å². The number of sulfonamides is 1. The second kappa shape index (κ2) is 7.91. The van der Waals surface area contributed by atoms with Gasteiger partial charge in [-0.2, -0.15) is 0 Å². The number of aryl methyl sites for hydroxylation is 1. The minimum absolute atomic E-state index is 0.0303. The van der Waals surface area contributed by atoms with Crippen LogP contribution in [0.1, 0.15) is 28.4 Å². The van der Waals surface area contributed by atoms with E-state index in [0.717, 1.165) is 5.56 Å². The van der Waals surface area contributed by atoms with Gasteiger partial charge in [0.15, 0.2) is 9.84 Å². The van der Waals surface area contributed by atoms with Gasteiger partial charge in [0.1, 0.15) is 0 Å². The highest BCUT2D eigenvalue weighted by Gasteiger charge is 2.35. The molecule has 2 aromatic rings. The van der Waals surface area contributed by atoms with Crippen molar-refractivity contribution in [1.82, 2.24) is 4.31 Å². The summed E-state index contributed by atoms with van der Waals surface area (Å²) in [7, 11) is -7.10. The minimum Gasteiger partial charge on any atom is -0.228 e. The van der Waals surface area contributed by atoms with E-state index in [1.54, 1.807) is 36.4 Å². The summed E-state index contributed by atoms with van der Waals surface area (Å²) in [4.78, 5) is 0. The van der Waals surface area contributed by atoms with Gasteiger partial charge >= 0.3 is 0 Å². The van der Waals surface area contributed by atoms with Crippen molar-refractivity contribution in [2.45, 2.75) is 24.3 Å². The summed E-state index contributed by atoms with van der Waals surface area (Å²) in [6, 6.07) is 14.1. The SMILES string of the molecule is Cc1ccc(CS(=O)(=O)N2CCC(c3ccccc3Cl)S(=O)(=O)CC2)cc1. The standard InChI is InChI=1S/C19H22ClNO4S2/c1-15-6-8-16(9-7-15)14-27(24,25)21-11-10-19(26(22,23)13-12-21)17-4-2-3-5-18(17)20/h2-9,19H,10-14H2,1H3. The lowest BCUT2D eigenvalue weighted by Gasteiger charge is -2.20. The normalized spacial score (nSPS) is 20.9. The van der Waals surface area contributed by atoms with Crippen LogP contribution in [-0.4, -0.2) is 40.0 Å². The zero-order chi connectivity index (χ0) is 19.7. The predicted octanol–water partition coefficient (Wildman–Crippen LogP) is 3.34. The van der Waals surface area contributed by atoms with E-state index in [1.807, 2.05) is 19.1 Å². The zero-order valence-corrected chi connectivity index (χ0v) is 17.4. The van der Waals surface area contributed by atoms with Gasteiger partial charge in [0.05, 0.1) is 16.8 Å². The fourth-order valence-corrected chi connectivity index (χ4v) is 7.09. The van der Waals surface area contributed by atoms with E-state index in [4.69, 9.17) is 11.6 Å². The first kappa shape index (κ1) is 20.3. The molecule has 1 unspecified atom stereocenters. The van der Waals surface area contributed by atoms with Gasteiger partial charge in [0, 0.05) is 18.1 Å². The van der Waals surface area contributed by atoms with E-state index in [0.29, 0.717) is 16.1 Å². The summed E-state index contributed by atoms with van der Waals surface area (Å²) in [5.74, 6) is -0.347. The van der Waals surface area contributed by atoms with E-state index < -0.39 is 25.1 Å². The summed E-state index contributed by atoms with van der Waals surface area (Å²) in [6.45, 7) is 2.06. The van der Waals surface area contributed by atoms with Crippen molar-refractivity contribution in [3.63, 3.8) is 0 Å². The Morgan fingerprint density at radius 3 is 2.41 bits per heavy atom. The van der Waals surface area contributed by atoms with Crippen LogP contribution in [0, 0.1) is 6.92 Å². The van der Waals surface area contributed by atoms with Crippen molar-refractivity contribution in [3.8, 4) is 0 Å². The largest absolute Gasteiger partial charge is 0.228 e. The molecule has 0 spiro atoms. The van der Waals surface area contributed by atoms with Crippen LogP contribution in [0.15, 0.2) is 48.5 Å². The quantitative estimate of drug-likeness (QED) is 0.750. The molecule has 1 heterocycles. The van der Waals surface area contributed by atoms with Gasteiger partial charge in [-0.25, -0.2) is 21.1 Å². The fraction of sp³-hybridized carbons (Fsp3) is 0.368. The maximum Gasteiger partial charge on any atom is 0.218 e. The number of hydrogen-bond donors (Lipinski definition) is 0. The first-order chi connectivity index (χ1) is 12.7. The lowest BCUT2D eigenvalue weighted by molar-refractivity contribution is 0.427. The Balaban J connectivity index is 1.82. The monoisotopic (exact) mass is 427 g/mol. The van der Waals surface area contributed by atoms with Crippen molar-refractivity contribution < 1.29 is 16.8 Å². The van der Waals surface area contributed by atoms with Crippen LogP contribution in [0.3, 0.4) is 0 Å². The van der Waals surface area contributed by atoms with Gasteiger partial charge in [-0.05, 0) is 30.5 Å². The van der Waals surface area contributed by atoms with Crippen LogP contribution >= 0.6 is 11.6 Å². The average Bonchev–Trinajstić information content (AvgIpc) is 2.76. The third-order valence-electron chi connectivity index (χ3n) is 4.81. The van der Waals surface area contributed by atoms with Crippen molar-refractivity contribution in [2.75, 3.05) is 18.8 Å². The van der Waals surface area contributed by atoms with E-state index in [9.17, 15) is 16.8 Å². The maximum absolute atomic E-state index is 12.8. The van der Waals surface area contributed by atoms with Crippen LogP contribution < -0.4 is 0 Å². The van der Waals surface area contributed by atoms with Gasteiger partial charge in [0.25, 0.3) is 0 Å². The number of rotatable bonds is 4. The third-order valence-corrected chi connectivity index (χ3v) is 9.12. The molecule has 1 fully saturated rings. The second-order valence-electron chi connectivity index (χ2n) is 6.81. The van der Waals surface area contributed by atoms with Crippen molar-refractivity contribution >= 4 is 31.5 Å². The van der Waals surface area contributed by atoms with Gasteiger partial charge in [-0.1, -0.05) is 59.6 Å². The average molecular weight is 428 g/mol. The van der Waals surface area contributed by atoms with Crippen LogP contribution in [0.4, 0.5) is 0 Å². The molecule has 0 amide bonds. The minimum atomic E-state index is -3.60. The number of nitrogens with zero attached hydrogens (tertiary/aromatic N) is 1. The molecular weight excluding hydrogens is 406 g/mol. The Kier molecular flexibility index (Phi) is 5.96. The summed E-state index contributed by atoms with van der Waals surface area (Å²) in [5.41, 5.74) is 2.28. The molecule has 0 bridgehead atoms. The molecule has 27 heavy (non-hydrogen) atoms. The smallest absolute Gasteiger partial charge is 0.218 e. The lowest BCUT2D eigenvalue weighted by atomic mass is 10.1. The summed E-state index contributed by atoms with van der Waals surface area (Å²) >= 11 is 6.19. The summed E-state index contributed by atoms with van der Waals surface area (Å²) in [5, 5.41) is -0.396. The Morgan fingerprint density at radius 1 is 1.07 bits per heavy atom. The molecule has 1 atom stereocenters. The molecule has 0 radical (unpaired) electrons. The molecule has 2 aromatic carbocycles. The van der Waals surface area contributed by atoms with Crippen LogP contribution in [0.5, 0.6) is 0 Å². The zero-order valence-electron chi connectivity index (χ0n) is 15.0. The molecule has 0 N–H and O–H groups in total. The number of hydrogen-bond acceptors (Lipinski definition) is 4. The Morgan fingerprint density at radius 2 is 1.74 bits per heavy atom. The molecule has 146 valence electrons. The van der Waals surface area contributed by atoms with Gasteiger partial charge in [-0.15, -0.1) is 0 Å². The molecular formula is C19H22ClNO4S2. The van der Waals surface area contributed by atoms with E-state index in [1.165, 1.54) is 4.31 Å². The molecule has 1 aliphatic heterocycles. The molecule has 8 heteroatoms. The summed E-state index contributed by atoms with van der Waals surface area (Å²) < 4.78 is 52.4. The summed E-state index contributed by atoms with van der Waals surface area (Å²) in [6.07, 6.45) is 0.194. The van der Waals surface area contributed by atoms with E-state index >= 15 is 0 Å². The van der Waals surface area contributed by atoms with Crippen molar-refractivity contribution in [1.29, 1.82) is 0 Å². The first-order valence-corrected chi connectivity index (χ1v) is 12.4. The lowest BCUT2D eigenvalue weighted by Crippen LogP contribution is -2.34. The highest BCUT2D eigenvalue weighted by Crippen LogP contribution is 2.34. The second-order valence-corrected chi connectivity index (χ2v) is 11.5. The van der Waals surface area contributed by atoms with Gasteiger partial charge in [0.2, 0.25) is 10.0 Å². The highest BCUT2D eigenvalue weighted by molar-refractivity contribution is 7.92. The topological polar surface area (TPSA) is 71.5 Å². The molecule has 0 saturated carbocycles. The Hall–Kier alpha value is -1.41. The van der Waals surface area contributed by atoms with Crippen LogP contribution in [0.25, 0.3) is 0 Å². The Bertz CT molecular complexity index is 1020. The maximum atomic E-state index is 12.8. The van der Waals surface area contributed by atoms with Crippen LogP contribution in [-0.2, 0) is 25.6 Å². The molecule has 0 aliphatic carbocycles. The number of benzene rings is 2. The van der Waals surface area contributed by atoms with Crippen molar-refractivity contribution in [3.05, 3.63) is 70.2 Å². The van der Waals surface area contributed by atoms with E-state index in [2.05, 4.69) is 0 Å². The molecule has 0 aromatic heterocycles. The molecule has 1 saturated heterocycles. The van der Waals surface area contributed by atoms with E-state index in [-0.39, 0.29) is 31.0 Å². The number of halogens is 1. The third kappa shape index (κ3) is 4.71. The highest BCUT2D eigenvalue weighted by atomic mass is 35.5. The van der Waals surface area contributed by atoms with Gasteiger partial charge < -0.3 is 0 Å². The van der Waals surface area contributed by atoms with Crippen molar-refractivity contribution in [2.24, 2.45) is 0 Å².